The highest BCUT2D eigenvalue weighted by molar-refractivity contribution is 5.20. The number of aliphatic hydroxyl groups is 1. The van der Waals surface area contributed by atoms with Gasteiger partial charge in [-0.3, -0.25) is 4.57 Å². The van der Waals surface area contributed by atoms with Crippen LogP contribution in [0.4, 0.5) is 0 Å². The molecule has 0 unspecified atom stereocenters. The van der Waals surface area contributed by atoms with Crippen LogP contribution in [0.1, 0.15) is 24.6 Å². The fraction of sp³-hybridized carbons (Fsp3) is 0.636. The van der Waals surface area contributed by atoms with Crippen LogP contribution < -0.4 is 10.4 Å². The average molecular weight is 240 g/mol. The van der Waals surface area contributed by atoms with Crippen LogP contribution in [0.15, 0.2) is 11.0 Å². The summed E-state index contributed by atoms with van der Waals surface area (Å²) < 4.78 is 12.0. The van der Waals surface area contributed by atoms with Crippen LogP contribution in [0, 0.1) is 6.92 Å². The summed E-state index contributed by atoms with van der Waals surface area (Å²) in [4.78, 5) is 15.6. The van der Waals surface area contributed by atoms with E-state index in [0.717, 1.165) is 12.0 Å². The maximum Gasteiger partial charge on any atom is 0.352 e. The molecule has 6 heteroatoms. The van der Waals surface area contributed by atoms with Crippen molar-refractivity contribution in [3.05, 3.63) is 22.2 Å². The lowest BCUT2D eigenvalue weighted by atomic mass is 10.2. The van der Waals surface area contributed by atoms with Crippen molar-refractivity contribution in [2.75, 3.05) is 13.7 Å². The van der Waals surface area contributed by atoms with Crippen LogP contribution in [-0.2, 0) is 4.74 Å². The van der Waals surface area contributed by atoms with Gasteiger partial charge in [0.15, 0.2) is 0 Å². The largest absolute Gasteiger partial charge is 0.481 e. The van der Waals surface area contributed by atoms with E-state index in [-0.39, 0.29) is 18.9 Å². The number of aryl methyl sites for hydroxylation is 1. The molecule has 1 aromatic rings. The van der Waals surface area contributed by atoms with E-state index < -0.39 is 5.69 Å². The molecule has 0 aliphatic carbocycles. The Morgan fingerprint density at radius 3 is 3.00 bits per heavy atom. The average Bonchev–Trinajstić information content (AvgIpc) is 2.80. The van der Waals surface area contributed by atoms with Crippen molar-refractivity contribution in [3.8, 4) is 5.88 Å². The first-order valence-electron chi connectivity index (χ1n) is 5.55. The standard InChI is InChI=1S/C11H16N2O4/c1-7-5-13(11(15)12-10(7)16-2)9-4-3-8(6-14)17-9/h5,8-9,14H,3-4,6H2,1-2H3/t8-,9+/m0/s1. The van der Waals surface area contributed by atoms with Gasteiger partial charge in [-0.15, -0.1) is 0 Å². The van der Waals surface area contributed by atoms with Crippen molar-refractivity contribution < 1.29 is 14.6 Å². The summed E-state index contributed by atoms with van der Waals surface area (Å²) in [6, 6.07) is 0. The Hall–Kier alpha value is -1.40. The van der Waals surface area contributed by atoms with Gasteiger partial charge in [-0.1, -0.05) is 0 Å². The molecule has 0 aromatic carbocycles. The second kappa shape index (κ2) is 4.85. The first kappa shape index (κ1) is 12.1. The molecule has 2 heterocycles. The molecule has 94 valence electrons. The Bertz CT molecular complexity index is 457. The minimum atomic E-state index is -0.393. The first-order valence-corrected chi connectivity index (χ1v) is 5.55. The van der Waals surface area contributed by atoms with Crippen LogP contribution in [0.5, 0.6) is 5.88 Å². The predicted octanol–water partition coefficient (Wildman–Crippen LogP) is 0.230. The summed E-state index contributed by atoms with van der Waals surface area (Å²) in [5.41, 5.74) is 0.388. The molecular formula is C11H16N2O4. The molecule has 0 bridgehead atoms. The van der Waals surface area contributed by atoms with Crippen LogP contribution in [0.3, 0.4) is 0 Å². The Balaban J connectivity index is 2.28. The molecule has 1 aliphatic rings. The zero-order valence-corrected chi connectivity index (χ0v) is 9.92. The van der Waals surface area contributed by atoms with Gasteiger partial charge >= 0.3 is 5.69 Å². The van der Waals surface area contributed by atoms with E-state index in [1.54, 1.807) is 6.20 Å². The van der Waals surface area contributed by atoms with E-state index in [4.69, 9.17) is 14.6 Å². The third-order valence-electron chi connectivity index (χ3n) is 2.88. The maximum atomic E-state index is 11.8. The third-order valence-corrected chi connectivity index (χ3v) is 2.88. The van der Waals surface area contributed by atoms with Crippen molar-refractivity contribution in [3.63, 3.8) is 0 Å². The van der Waals surface area contributed by atoms with E-state index >= 15 is 0 Å². The van der Waals surface area contributed by atoms with E-state index in [2.05, 4.69) is 4.98 Å². The zero-order chi connectivity index (χ0) is 12.4. The van der Waals surface area contributed by atoms with Gasteiger partial charge in [0, 0.05) is 11.8 Å². The van der Waals surface area contributed by atoms with Crippen LogP contribution in [0.2, 0.25) is 0 Å². The fourth-order valence-corrected chi connectivity index (χ4v) is 1.99. The molecule has 0 saturated carbocycles. The fourth-order valence-electron chi connectivity index (χ4n) is 1.99. The summed E-state index contributed by atoms with van der Waals surface area (Å²) in [5, 5.41) is 8.99. The normalized spacial score (nSPS) is 23.9. The van der Waals surface area contributed by atoms with Gasteiger partial charge in [0.05, 0.1) is 19.8 Å². The molecule has 0 amide bonds. The van der Waals surface area contributed by atoms with Crippen molar-refractivity contribution in [2.24, 2.45) is 0 Å². The number of nitrogens with zero attached hydrogens (tertiary/aromatic N) is 2. The molecule has 1 fully saturated rings. The smallest absolute Gasteiger partial charge is 0.352 e. The minimum absolute atomic E-state index is 0.0200. The van der Waals surface area contributed by atoms with Crippen LogP contribution in [-0.4, -0.2) is 34.5 Å². The van der Waals surface area contributed by atoms with Gasteiger partial charge in [0.2, 0.25) is 5.88 Å². The Morgan fingerprint density at radius 2 is 2.41 bits per heavy atom. The quantitative estimate of drug-likeness (QED) is 0.818. The van der Waals surface area contributed by atoms with Crippen molar-refractivity contribution in [1.82, 2.24) is 9.55 Å². The lowest BCUT2D eigenvalue weighted by Crippen LogP contribution is -2.28. The zero-order valence-electron chi connectivity index (χ0n) is 9.92. The Kier molecular flexibility index (Phi) is 3.44. The molecule has 1 aliphatic heterocycles. The maximum absolute atomic E-state index is 11.8. The number of hydrogen-bond donors (Lipinski definition) is 1. The molecule has 0 radical (unpaired) electrons. The summed E-state index contributed by atoms with van der Waals surface area (Å²) >= 11 is 0. The first-order chi connectivity index (χ1) is 8.15. The minimum Gasteiger partial charge on any atom is -0.481 e. The number of ether oxygens (including phenoxy) is 2. The van der Waals surface area contributed by atoms with Gasteiger partial charge in [0.25, 0.3) is 0 Å². The topological polar surface area (TPSA) is 73.6 Å². The molecule has 6 nitrogen and oxygen atoms in total. The van der Waals surface area contributed by atoms with E-state index in [9.17, 15) is 4.79 Å². The number of rotatable bonds is 3. The molecule has 17 heavy (non-hydrogen) atoms. The molecule has 0 spiro atoms. The van der Waals surface area contributed by atoms with Crippen LogP contribution >= 0.6 is 0 Å². The molecule has 2 atom stereocenters. The predicted molar refractivity (Wildman–Crippen MR) is 60.0 cm³/mol. The summed E-state index contributed by atoms with van der Waals surface area (Å²) in [5.74, 6) is 0.336. The lowest BCUT2D eigenvalue weighted by Gasteiger charge is -2.15. The SMILES string of the molecule is COc1nc(=O)n([C@H]2CC[C@@H](CO)O2)cc1C. The molecule has 1 N–H and O–H groups in total. The third kappa shape index (κ3) is 2.32. The number of hydrogen-bond acceptors (Lipinski definition) is 5. The van der Waals surface area contributed by atoms with Gasteiger partial charge in [0.1, 0.15) is 6.23 Å². The van der Waals surface area contributed by atoms with Gasteiger partial charge in [-0.05, 0) is 19.8 Å². The summed E-state index contributed by atoms with van der Waals surface area (Å²) in [7, 11) is 1.48. The highest BCUT2D eigenvalue weighted by Gasteiger charge is 2.27. The van der Waals surface area contributed by atoms with E-state index in [0.29, 0.717) is 12.3 Å². The monoisotopic (exact) mass is 240 g/mol. The number of aliphatic hydroxyl groups excluding tert-OH is 1. The molecule has 1 aromatic heterocycles. The molecular weight excluding hydrogens is 224 g/mol. The lowest BCUT2D eigenvalue weighted by molar-refractivity contribution is -0.0247. The number of aromatic nitrogens is 2. The second-order valence-corrected chi connectivity index (χ2v) is 4.10. The van der Waals surface area contributed by atoms with Crippen LogP contribution in [0.25, 0.3) is 0 Å². The molecule has 1 saturated heterocycles. The summed E-state index contributed by atoms with van der Waals surface area (Å²) in [6.45, 7) is 1.80. The van der Waals surface area contributed by atoms with Gasteiger partial charge < -0.3 is 14.6 Å². The van der Waals surface area contributed by atoms with Crippen molar-refractivity contribution in [1.29, 1.82) is 0 Å². The van der Waals surface area contributed by atoms with E-state index in [1.807, 2.05) is 6.92 Å². The molecule has 2 rings (SSSR count). The van der Waals surface area contributed by atoms with Gasteiger partial charge in [-0.2, -0.15) is 4.98 Å². The Labute approximate surface area is 98.8 Å². The number of methoxy groups -OCH3 is 1. The highest BCUT2D eigenvalue weighted by atomic mass is 16.5. The van der Waals surface area contributed by atoms with Gasteiger partial charge in [-0.25, -0.2) is 4.79 Å². The van der Waals surface area contributed by atoms with E-state index in [1.165, 1.54) is 11.7 Å². The second-order valence-electron chi connectivity index (χ2n) is 4.10. The Morgan fingerprint density at radius 1 is 1.65 bits per heavy atom. The van der Waals surface area contributed by atoms with Crippen molar-refractivity contribution >= 4 is 0 Å². The highest BCUT2D eigenvalue weighted by Crippen LogP contribution is 2.27. The van der Waals surface area contributed by atoms with Crippen molar-refractivity contribution in [2.45, 2.75) is 32.1 Å². The summed E-state index contributed by atoms with van der Waals surface area (Å²) in [6.07, 6.45) is 2.61.